The summed E-state index contributed by atoms with van der Waals surface area (Å²) in [6.45, 7) is 4.10. The highest BCUT2D eigenvalue weighted by Crippen LogP contribution is 2.19. The summed E-state index contributed by atoms with van der Waals surface area (Å²) in [6.07, 6.45) is 77.1. The van der Waals surface area contributed by atoms with E-state index in [1.807, 2.05) is 0 Å². The second kappa shape index (κ2) is 61.6. The van der Waals surface area contributed by atoms with E-state index < -0.39 is 36.9 Å². The van der Waals surface area contributed by atoms with Crippen molar-refractivity contribution in [1.29, 1.82) is 0 Å². The Morgan fingerprint density at radius 1 is 0.342 bits per heavy atom. The van der Waals surface area contributed by atoms with Crippen molar-refractivity contribution in [3.05, 3.63) is 24.3 Å². The normalized spacial score (nSPS) is 13.7. The van der Waals surface area contributed by atoms with Gasteiger partial charge >= 0.3 is 0 Å². The number of rotatable bonds is 62. The average Bonchev–Trinajstić information content (AvgIpc) is 3.40. The summed E-state index contributed by atoms with van der Waals surface area (Å²) in [6, 6.07) is -0.986. The molecule has 0 radical (unpaired) electrons. The maximum atomic E-state index is 12.7. The Balaban J connectivity index is 3.56. The summed E-state index contributed by atoms with van der Waals surface area (Å²) in [7, 11) is 0. The monoisotopic (exact) mass is 1030 g/mol. The molecule has 0 saturated carbocycles. The predicted molar refractivity (Wildman–Crippen MR) is 321 cm³/mol. The molecular weight excluding hydrogens is 899 g/mol. The SMILES string of the molecule is CCCCCCCCCCC/C=C\C/C=C\CCCCCCCCCCCCCCCCC(O)C(=O)NC(CO)C(O)C(O)CCCCCCCCCCCCCCCCCCCCCCCCCCCCC. The molecule has 0 fully saturated rings. The van der Waals surface area contributed by atoms with Crippen molar-refractivity contribution in [2.75, 3.05) is 6.61 Å². The lowest BCUT2D eigenvalue weighted by molar-refractivity contribution is -0.132. The quantitative estimate of drug-likeness (QED) is 0.0308. The summed E-state index contributed by atoms with van der Waals surface area (Å²) in [5, 5.41) is 44.2. The second-order valence-electron chi connectivity index (χ2n) is 23.2. The zero-order valence-electron chi connectivity index (χ0n) is 49.4. The highest BCUT2D eigenvalue weighted by molar-refractivity contribution is 5.80. The summed E-state index contributed by atoms with van der Waals surface area (Å²) in [5.74, 6) is -0.578. The van der Waals surface area contributed by atoms with Crippen molar-refractivity contribution in [2.24, 2.45) is 0 Å². The molecule has 0 spiro atoms. The van der Waals surface area contributed by atoms with E-state index >= 15 is 0 Å². The van der Waals surface area contributed by atoms with E-state index in [1.165, 1.54) is 295 Å². The molecule has 4 atom stereocenters. The van der Waals surface area contributed by atoms with Crippen LogP contribution in [-0.2, 0) is 4.79 Å². The molecule has 1 amide bonds. The van der Waals surface area contributed by atoms with Gasteiger partial charge in [-0.25, -0.2) is 0 Å². The average molecular weight is 1030 g/mol. The van der Waals surface area contributed by atoms with E-state index in [0.717, 1.165) is 44.9 Å². The fraction of sp³-hybridized carbons (Fsp3) is 0.925. The van der Waals surface area contributed by atoms with Crippen molar-refractivity contribution in [1.82, 2.24) is 5.32 Å². The minimum absolute atomic E-state index is 0.371. The van der Waals surface area contributed by atoms with Gasteiger partial charge in [0.05, 0.1) is 18.8 Å². The second-order valence-corrected chi connectivity index (χ2v) is 23.2. The molecule has 0 aromatic heterocycles. The topological polar surface area (TPSA) is 110 Å². The molecule has 0 aromatic rings. The lowest BCUT2D eigenvalue weighted by Gasteiger charge is -2.27. The predicted octanol–water partition coefficient (Wildman–Crippen LogP) is 20.2. The molecule has 73 heavy (non-hydrogen) atoms. The molecule has 5 N–H and O–H groups in total. The molecule has 0 heterocycles. The Morgan fingerprint density at radius 2 is 0.589 bits per heavy atom. The first-order valence-corrected chi connectivity index (χ1v) is 33.2. The Kier molecular flexibility index (Phi) is 60.6. The number of amides is 1. The third kappa shape index (κ3) is 55.4. The summed E-state index contributed by atoms with van der Waals surface area (Å²) >= 11 is 0. The smallest absolute Gasteiger partial charge is 0.249 e. The molecule has 0 aliphatic rings. The van der Waals surface area contributed by atoms with Gasteiger partial charge in [0, 0.05) is 0 Å². The first kappa shape index (κ1) is 71.8. The van der Waals surface area contributed by atoms with Gasteiger partial charge in [0.15, 0.2) is 0 Å². The number of carbonyl (C=O) groups excluding carboxylic acids is 1. The van der Waals surface area contributed by atoms with Crippen molar-refractivity contribution in [2.45, 2.75) is 391 Å². The summed E-state index contributed by atoms with van der Waals surface area (Å²) in [4.78, 5) is 12.7. The lowest BCUT2D eigenvalue weighted by atomic mass is 9.99. The Morgan fingerprint density at radius 3 is 0.863 bits per heavy atom. The number of aliphatic hydroxyl groups is 4. The zero-order valence-corrected chi connectivity index (χ0v) is 49.4. The first-order valence-electron chi connectivity index (χ1n) is 33.2. The van der Waals surface area contributed by atoms with Gasteiger partial charge in [-0.1, -0.05) is 346 Å². The highest BCUT2D eigenvalue weighted by atomic mass is 16.3. The number of unbranched alkanes of at least 4 members (excludes halogenated alkanes) is 49. The Labute approximate surface area is 456 Å². The minimum Gasteiger partial charge on any atom is -0.394 e. The zero-order chi connectivity index (χ0) is 53.0. The maximum Gasteiger partial charge on any atom is 0.249 e. The number of allylic oxidation sites excluding steroid dienone is 4. The third-order valence-electron chi connectivity index (χ3n) is 15.9. The van der Waals surface area contributed by atoms with Gasteiger partial charge in [-0.15, -0.1) is 0 Å². The molecule has 0 bridgehead atoms. The van der Waals surface area contributed by atoms with Gasteiger partial charge in [0.2, 0.25) is 5.91 Å². The fourth-order valence-corrected chi connectivity index (χ4v) is 10.7. The molecule has 0 aromatic carbocycles. The third-order valence-corrected chi connectivity index (χ3v) is 15.9. The van der Waals surface area contributed by atoms with Crippen LogP contribution in [0.1, 0.15) is 367 Å². The Hall–Kier alpha value is -1.21. The van der Waals surface area contributed by atoms with Crippen LogP contribution in [-0.4, -0.2) is 57.3 Å². The number of nitrogens with one attached hydrogen (secondary N) is 1. The lowest BCUT2D eigenvalue weighted by Crippen LogP contribution is -2.53. The number of hydrogen-bond donors (Lipinski definition) is 5. The number of carbonyl (C=O) groups is 1. The van der Waals surface area contributed by atoms with E-state index in [1.54, 1.807) is 0 Å². The molecule has 0 rings (SSSR count). The standard InChI is InChI=1S/C67H131NO5/c1-3-5-7-9-11-13-15-17-19-21-23-25-27-29-31-32-33-35-37-39-41-43-45-47-49-51-53-55-57-59-61-65(71)67(73)68-63(62-69)66(72)64(70)60-58-56-54-52-50-48-46-44-42-40-38-36-34-30-28-26-24-22-20-18-16-14-12-10-8-6-4-2/h23,25,29,31,63-66,69-72H,3-22,24,26-28,30,32-62H2,1-2H3,(H,68,73)/b25-23-,31-29-. The van der Waals surface area contributed by atoms with Crippen LogP contribution in [0.25, 0.3) is 0 Å². The first-order chi connectivity index (χ1) is 36.0. The van der Waals surface area contributed by atoms with E-state index in [0.29, 0.717) is 12.8 Å². The van der Waals surface area contributed by atoms with Crippen LogP contribution in [0.2, 0.25) is 0 Å². The van der Waals surface area contributed by atoms with Crippen LogP contribution < -0.4 is 5.32 Å². The van der Waals surface area contributed by atoms with Gasteiger partial charge in [-0.05, 0) is 44.9 Å². The molecule has 4 unspecified atom stereocenters. The van der Waals surface area contributed by atoms with E-state index in [9.17, 15) is 25.2 Å². The van der Waals surface area contributed by atoms with Crippen molar-refractivity contribution >= 4 is 5.91 Å². The van der Waals surface area contributed by atoms with Gasteiger partial charge < -0.3 is 25.7 Å². The summed E-state index contributed by atoms with van der Waals surface area (Å²) in [5.41, 5.74) is 0. The molecule has 0 aliphatic heterocycles. The highest BCUT2D eigenvalue weighted by Gasteiger charge is 2.28. The molecule has 6 nitrogen and oxygen atoms in total. The van der Waals surface area contributed by atoms with Crippen molar-refractivity contribution in [3.8, 4) is 0 Å². The van der Waals surface area contributed by atoms with Crippen LogP contribution in [0.3, 0.4) is 0 Å². The van der Waals surface area contributed by atoms with Crippen LogP contribution in [0.5, 0.6) is 0 Å². The van der Waals surface area contributed by atoms with Gasteiger partial charge in [-0.3, -0.25) is 4.79 Å². The van der Waals surface area contributed by atoms with Gasteiger partial charge in [0.25, 0.3) is 0 Å². The summed E-state index contributed by atoms with van der Waals surface area (Å²) < 4.78 is 0. The van der Waals surface area contributed by atoms with Crippen LogP contribution >= 0.6 is 0 Å². The number of aliphatic hydroxyl groups excluding tert-OH is 4. The van der Waals surface area contributed by atoms with Gasteiger partial charge in [-0.2, -0.15) is 0 Å². The van der Waals surface area contributed by atoms with E-state index in [2.05, 4.69) is 43.5 Å². The van der Waals surface area contributed by atoms with Crippen molar-refractivity contribution in [3.63, 3.8) is 0 Å². The fourth-order valence-electron chi connectivity index (χ4n) is 10.7. The minimum atomic E-state index is -1.26. The number of hydrogen-bond acceptors (Lipinski definition) is 5. The van der Waals surface area contributed by atoms with Crippen LogP contribution in [0.4, 0.5) is 0 Å². The molecule has 0 aliphatic carbocycles. The van der Waals surface area contributed by atoms with E-state index in [-0.39, 0.29) is 0 Å². The van der Waals surface area contributed by atoms with Crippen molar-refractivity contribution < 1.29 is 25.2 Å². The van der Waals surface area contributed by atoms with Crippen LogP contribution in [0, 0.1) is 0 Å². The maximum absolute atomic E-state index is 12.7. The van der Waals surface area contributed by atoms with E-state index in [4.69, 9.17) is 0 Å². The Bertz CT molecular complexity index is 1110. The molecule has 6 heteroatoms. The largest absolute Gasteiger partial charge is 0.394 e. The molecule has 434 valence electrons. The molecule has 0 saturated heterocycles. The molecular formula is C67H131NO5. The van der Waals surface area contributed by atoms with Crippen LogP contribution in [0.15, 0.2) is 24.3 Å². The van der Waals surface area contributed by atoms with Gasteiger partial charge in [0.1, 0.15) is 12.2 Å².